The molecule has 0 aliphatic heterocycles. The first-order valence-corrected chi connectivity index (χ1v) is 5.96. The summed E-state index contributed by atoms with van der Waals surface area (Å²) in [5.74, 6) is 0.0518. The molecule has 0 heterocycles. The van der Waals surface area contributed by atoms with Gasteiger partial charge in [-0.15, -0.1) is 0 Å². The summed E-state index contributed by atoms with van der Waals surface area (Å²) in [4.78, 5) is 2.11. The van der Waals surface area contributed by atoms with E-state index in [9.17, 15) is 0 Å². The molecule has 0 radical (unpaired) electrons. The first-order valence-electron chi connectivity index (χ1n) is 5.96. The zero-order valence-electron chi connectivity index (χ0n) is 11.1. The largest absolute Gasteiger partial charge is 0.373 e. The molecule has 2 unspecified atom stereocenters. The molecule has 92 valence electrons. The highest BCUT2D eigenvalue weighted by Crippen LogP contribution is 2.18. The van der Waals surface area contributed by atoms with E-state index in [2.05, 4.69) is 47.5 Å². The van der Waals surface area contributed by atoms with Crippen LogP contribution in [0.2, 0.25) is 0 Å². The van der Waals surface area contributed by atoms with Crippen LogP contribution in [0, 0.1) is 17.2 Å². The lowest BCUT2D eigenvalue weighted by atomic mass is 10.1. The van der Waals surface area contributed by atoms with Crippen LogP contribution in [0.5, 0.6) is 0 Å². The summed E-state index contributed by atoms with van der Waals surface area (Å²) in [5.41, 5.74) is 2.43. The van der Waals surface area contributed by atoms with Crippen LogP contribution in [0.4, 0.5) is 5.69 Å². The molecular formula is C14H21N3. The Balaban J connectivity index is 2.71. The van der Waals surface area contributed by atoms with Crippen LogP contribution in [0.25, 0.3) is 0 Å². The Labute approximate surface area is 104 Å². The summed E-state index contributed by atoms with van der Waals surface area (Å²) < 4.78 is 0. The molecule has 0 bridgehead atoms. The molecular weight excluding hydrogens is 210 g/mol. The lowest BCUT2D eigenvalue weighted by Gasteiger charge is -2.21. The number of hydrogen-bond acceptors (Lipinski definition) is 3. The van der Waals surface area contributed by atoms with Crippen molar-refractivity contribution in [2.45, 2.75) is 19.9 Å². The van der Waals surface area contributed by atoms with Gasteiger partial charge < -0.3 is 10.2 Å². The van der Waals surface area contributed by atoms with Crippen molar-refractivity contribution in [3.63, 3.8) is 0 Å². The van der Waals surface area contributed by atoms with Gasteiger partial charge in [-0.3, -0.25) is 0 Å². The van der Waals surface area contributed by atoms with Crippen LogP contribution >= 0.6 is 0 Å². The van der Waals surface area contributed by atoms with Gasteiger partial charge >= 0.3 is 0 Å². The summed E-state index contributed by atoms with van der Waals surface area (Å²) in [5, 5.41) is 12.0. The van der Waals surface area contributed by atoms with E-state index in [0.29, 0.717) is 6.04 Å². The van der Waals surface area contributed by atoms with Crippen molar-refractivity contribution in [2.24, 2.45) is 5.92 Å². The Bertz CT molecular complexity index is 377. The van der Waals surface area contributed by atoms with Crippen LogP contribution < -0.4 is 10.2 Å². The van der Waals surface area contributed by atoms with Gasteiger partial charge in [0.15, 0.2) is 0 Å². The highest BCUT2D eigenvalue weighted by atomic mass is 15.1. The predicted octanol–water partition coefficient (Wildman–Crippen LogP) is 2.56. The fourth-order valence-electron chi connectivity index (χ4n) is 1.74. The van der Waals surface area contributed by atoms with Crippen LogP contribution in [0.15, 0.2) is 24.3 Å². The van der Waals surface area contributed by atoms with Gasteiger partial charge in [-0.2, -0.15) is 5.26 Å². The predicted molar refractivity (Wildman–Crippen MR) is 72.0 cm³/mol. The molecule has 3 nitrogen and oxygen atoms in total. The van der Waals surface area contributed by atoms with Crippen LogP contribution in [0.1, 0.15) is 25.5 Å². The third-order valence-electron chi connectivity index (χ3n) is 3.03. The molecule has 0 saturated carbocycles. The molecule has 0 aromatic heterocycles. The summed E-state index contributed by atoms with van der Waals surface area (Å²) >= 11 is 0. The van der Waals surface area contributed by atoms with Gasteiger partial charge in [-0.25, -0.2) is 0 Å². The number of hydrogen-bond donors (Lipinski definition) is 1. The quantitative estimate of drug-likeness (QED) is 0.846. The van der Waals surface area contributed by atoms with Crippen molar-refractivity contribution in [3.8, 4) is 6.07 Å². The molecule has 1 aromatic carbocycles. The second kappa shape index (κ2) is 6.27. The normalized spacial score (nSPS) is 13.8. The van der Waals surface area contributed by atoms with E-state index in [-0.39, 0.29) is 5.92 Å². The Morgan fingerprint density at radius 1 is 1.29 bits per heavy atom. The van der Waals surface area contributed by atoms with Crippen molar-refractivity contribution in [2.75, 3.05) is 25.5 Å². The van der Waals surface area contributed by atoms with Crippen LogP contribution in [-0.2, 0) is 0 Å². The third kappa shape index (κ3) is 3.76. The van der Waals surface area contributed by atoms with Crippen LogP contribution in [0.3, 0.4) is 0 Å². The fraction of sp³-hybridized carbons (Fsp3) is 0.500. The highest BCUT2D eigenvalue weighted by molar-refractivity contribution is 5.47. The molecule has 0 amide bonds. The third-order valence-corrected chi connectivity index (χ3v) is 3.03. The van der Waals surface area contributed by atoms with Gasteiger partial charge in [0.2, 0.25) is 0 Å². The monoisotopic (exact) mass is 231 g/mol. The molecule has 1 aromatic rings. The number of anilines is 1. The minimum absolute atomic E-state index is 0.0518. The molecule has 1 rings (SSSR count). The van der Waals surface area contributed by atoms with Crippen molar-refractivity contribution in [1.29, 1.82) is 5.26 Å². The maximum absolute atomic E-state index is 8.79. The first kappa shape index (κ1) is 13.5. The summed E-state index contributed by atoms with van der Waals surface area (Å²) in [6, 6.07) is 11.1. The van der Waals surface area contributed by atoms with E-state index in [0.717, 1.165) is 12.2 Å². The lowest BCUT2D eigenvalue weighted by molar-refractivity contribution is 0.652. The average Bonchev–Trinajstić information content (AvgIpc) is 2.37. The summed E-state index contributed by atoms with van der Waals surface area (Å²) in [6.45, 7) is 4.84. The van der Waals surface area contributed by atoms with E-state index >= 15 is 0 Å². The summed E-state index contributed by atoms with van der Waals surface area (Å²) in [7, 11) is 3.98. The zero-order valence-corrected chi connectivity index (χ0v) is 11.1. The standard InChI is InChI=1S/C14H21N3/c1-11(9-15)10-17(4)14-7-5-13(6-8-14)12(2)16-3/h5-8,11-12,16H,10H2,1-4H3. The Morgan fingerprint density at radius 2 is 1.88 bits per heavy atom. The Kier molecular flexibility index (Phi) is 4.99. The molecule has 1 N–H and O–H groups in total. The molecule has 3 heteroatoms. The van der Waals surface area contributed by atoms with E-state index in [1.807, 2.05) is 21.0 Å². The van der Waals surface area contributed by atoms with E-state index in [1.165, 1.54) is 5.56 Å². The van der Waals surface area contributed by atoms with Crippen molar-refractivity contribution in [1.82, 2.24) is 5.32 Å². The van der Waals surface area contributed by atoms with Crippen molar-refractivity contribution in [3.05, 3.63) is 29.8 Å². The van der Waals surface area contributed by atoms with Crippen LogP contribution in [-0.4, -0.2) is 20.6 Å². The second-order valence-corrected chi connectivity index (χ2v) is 4.51. The number of benzene rings is 1. The molecule has 0 saturated heterocycles. The zero-order chi connectivity index (χ0) is 12.8. The van der Waals surface area contributed by atoms with Crippen molar-refractivity contribution < 1.29 is 0 Å². The van der Waals surface area contributed by atoms with E-state index in [4.69, 9.17) is 5.26 Å². The molecule has 2 atom stereocenters. The van der Waals surface area contributed by atoms with Gasteiger partial charge in [0.1, 0.15) is 0 Å². The number of nitrogens with zero attached hydrogens (tertiary/aromatic N) is 2. The van der Waals surface area contributed by atoms with E-state index < -0.39 is 0 Å². The number of rotatable bonds is 5. The number of nitriles is 1. The maximum atomic E-state index is 8.79. The van der Waals surface area contributed by atoms with Gasteiger partial charge in [-0.05, 0) is 38.6 Å². The SMILES string of the molecule is CNC(C)c1ccc(N(C)CC(C)C#N)cc1. The van der Waals surface area contributed by atoms with Crippen molar-refractivity contribution >= 4 is 5.69 Å². The second-order valence-electron chi connectivity index (χ2n) is 4.51. The molecule has 0 aliphatic rings. The fourth-order valence-corrected chi connectivity index (χ4v) is 1.74. The molecule has 0 aliphatic carbocycles. The topological polar surface area (TPSA) is 39.1 Å². The van der Waals surface area contributed by atoms with Gasteiger partial charge in [-0.1, -0.05) is 12.1 Å². The minimum atomic E-state index is 0.0518. The minimum Gasteiger partial charge on any atom is -0.373 e. The maximum Gasteiger partial charge on any atom is 0.0671 e. The molecule has 0 spiro atoms. The van der Waals surface area contributed by atoms with Gasteiger partial charge in [0, 0.05) is 25.3 Å². The Morgan fingerprint density at radius 3 is 2.35 bits per heavy atom. The smallest absolute Gasteiger partial charge is 0.0671 e. The molecule has 0 fully saturated rings. The van der Waals surface area contributed by atoms with Gasteiger partial charge in [0.05, 0.1) is 12.0 Å². The van der Waals surface area contributed by atoms with E-state index in [1.54, 1.807) is 0 Å². The molecule has 17 heavy (non-hydrogen) atoms. The Hall–Kier alpha value is -1.53. The van der Waals surface area contributed by atoms with Gasteiger partial charge in [0.25, 0.3) is 0 Å². The summed E-state index contributed by atoms with van der Waals surface area (Å²) in [6.07, 6.45) is 0. The number of nitrogens with one attached hydrogen (secondary N) is 1. The first-order chi connectivity index (χ1) is 8.08. The highest BCUT2D eigenvalue weighted by Gasteiger charge is 2.07. The average molecular weight is 231 g/mol. The lowest BCUT2D eigenvalue weighted by Crippen LogP contribution is -2.23.